The van der Waals surface area contributed by atoms with Crippen LogP contribution in [0.15, 0.2) is 29.9 Å². The first-order valence-electron chi connectivity index (χ1n) is 5.41. The Balaban J connectivity index is 2.04. The maximum atomic E-state index is 10.8. The molecule has 0 saturated carbocycles. The van der Waals surface area contributed by atoms with Gasteiger partial charge in [-0.1, -0.05) is 6.92 Å². The monoisotopic (exact) mass is 264 g/mol. The molecule has 1 unspecified atom stereocenters. The summed E-state index contributed by atoms with van der Waals surface area (Å²) in [5, 5.41) is 16.7. The normalized spacial score (nSPS) is 12.1. The summed E-state index contributed by atoms with van der Waals surface area (Å²) in [5.41, 5.74) is -0.0103. The average Bonchev–Trinajstić information content (AvgIpc) is 2.90. The van der Waals surface area contributed by atoms with E-state index in [1.54, 1.807) is 23.6 Å². The molecule has 0 aliphatic rings. The number of nitro groups is 1. The highest BCUT2D eigenvalue weighted by Crippen LogP contribution is 2.23. The number of anilines is 1. The van der Waals surface area contributed by atoms with Gasteiger partial charge in [-0.05, 0) is 6.07 Å². The third-order valence-corrected chi connectivity index (χ3v) is 3.44. The molecule has 18 heavy (non-hydrogen) atoms. The Kier molecular flexibility index (Phi) is 3.83. The molecule has 2 heterocycles. The maximum absolute atomic E-state index is 10.8. The van der Waals surface area contributed by atoms with E-state index in [0.717, 1.165) is 5.01 Å². The number of aromatic nitrogens is 2. The fourth-order valence-electron chi connectivity index (χ4n) is 1.50. The highest BCUT2D eigenvalue weighted by molar-refractivity contribution is 7.09. The lowest BCUT2D eigenvalue weighted by atomic mass is 10.2. The fourth-order valence-corrected chi connectivity index (χ4v) is 2.19. The Morgan fingerprint density at radius 1 is 1.50 bits per heavy atom. The van der Waals surface area contributed by atoms with Crippen LogP contribution in [-0.4, -0.2) is 21.4 Å². The van der Waals surface area contributed by atoms with E-state index in [-0.39, 0.29) is 11.6 Å². The first-order chi connectivity index (χ1) is 8.68. The van der Waals surface area contributed by atoms with Crippen molar-refractivity contribution in [2.75, 3.05) is 11.9 Å². The van der Waals surface area contributed by atoms with Crippen LogP contribution < -0.4 is 5.32 Å². The Morgan fingerprint density at radius 2 is 2.33 bits per heavy atom. The lowest BCUT2D eigenvalue weighted by molar-refractivity contribution is -0.384. The quantitative estimate of drug-likeness (QED) is 0.663. The SMILES string of the molecule is CC(CNc1ncccc1[N+](=O)[O-])c1nccs1. The molecule has 1 atom stereocenters. The zero-order valence-corrected chi connectivity index (χ0v) is 10.6. The smallest absolute Gasteiger partial charge is 0.311 e. The van der Waals surface area contributed by atoms with Crippen molar-refractivity contribution >= 4 is 22.8 Å². The molecule has 0 aromatic carbocycles. The minimum absolute atomic E-state index is 0.0103. The van der Waals surface area contributed by atoms with E-state index in [1.807, 2.05) is 12.3 Å². The van der Waals surface area contributed by atoms with Crippen molar-refractivity contribution in [3.63, 3.8) is 0 Å². The predicted molar refractivity (Wildman–Crippen MR) is 69.9 cm³/mol. The van der Waals surface area contributed by atoms with Crippen LogP contribution in [0.4, 0.5) is 11.5 Å². The Morgan fingerprint density at radius 3 is 3.00 bits per heavy atom. The van der Waals surface area contributed by atoms with Crippen molar-refractivity contribution in [2.45, 2.75) is 12.8 Å². The van der Waals surface area contributed by atoms with Gasteiger partial charge >= 0.3 is 5.69 Å². The number of pyridine rings is 1. The van der Waals surface area contributed by atoms with Crippen LogP contribution in [0.25, 0.3) is 0 Å². The average molecular weight is 264 g/mol. The molecule has 7 heteroatoms. The first-order valence-corrected chi connectivity index (χ1v) is 6.29. The van der Waals surface area contributed by atoms with Crippen LogP contribution in [0.1, 0.15) is 17.8 Å². The highest BCUT2D eigenvalue weighted by atomic mass is 32.1. The third kappa shape index (κ3) is 2.80. The summed E-state index contributed by atoms with van der Waals surface area (Å²) in [7, 11) is 0. The number of rotatable bonds is 5. The molecule has 0 bridgehead atoms. The summed E-state index contributed by atoms with van der Waals surface area (Å²) in [5.74, 6) is 0.484. The Bertz CT molecular complexity index is 530. The molecule has 2 aromatic heterocycles. The summed E-state index contributed by atoms with van der Waals surface area (Å²) >= 11 is 1.57. The number of hydrogen-bond donors (Lipinski definition) is 1. The highest BCUT2D eigenvalue weighted by Gasteiger charge is 2.15. The van der Waals surface area contributed by atoms with Crippen LogP contribution in [0.2, 0.25) is 0 Å². The first kappa shape index (κ1) is 12.4. The Labute approximate surface area is 108 Å². The zero-order valence-electron chi connectivity index (χ0n) is 9.74. The maximum Gasteiger partial charge on any atom is 0.311 e. The molecular formula is C11H12N4O2S. The van der Waals surface area contributed by atoms with E-state index in [2.05, 4.69) is 15.3 Å². The van der Waals surface area contributed by atoms with E-state index in [0.29, 0.717) is 12.4 Å². The van der Waals surface area contributed by atoms with Gasteiger partial charge in [0, 0.05) is 36.3 Å². The second-order valence-corrected chi connectivity index (χ2v) is 4.71. The van der Waals surface area contributed by atoms with Crippen LogP contribution in [0, 0.1) is 10.1 Å². The van der Waals surface area contributed by atoms with Gasteiger partial charge in [0.05, 0.1) is 9.93 Å². The summed E-state index contributed by atoms with van der Waals surface area (Å²) in [6, 6.07) is 2.98. The van der Waals surface area contributed by atoms with E-state index >= 15 is 0 Å². The largest absolute Gasteiger partial charge is 0.364 e. The number of hydrogen-bond acceptors (Lipinski definition) is 6. The number of nitrogens with one attached hydrogen (secondary N) is 1. The van der Waals surface area contributed by atoms with E-state index in [4.69, 9.17) is 0 Å². The van der Waals surface area contributed by atoms with Gasteiger partial charge < -0.3 is 5.32 Å². The molecule has 0 amide bonds. The van der Waals surface area contributed by atoms with Crippen molar-refractivity contribution in [2.24, 2.45) is 0 Å². The molecular weight excluding hydrogens is 252 g/mol. The van der Waals surface area contributed by atoms with Crippen LogP contribution >= 0.6 is 11.3 Å². The molecule has 0 saturated heterocycles. The molecule has 0 spiro atoms. The van der Waals surface area contributed by atoms with E-state index < -0.39 is 4.92 Å². The standard InChI is InChI=1S/C11H12N4O2S/c1-8(11-13-5-6-18-11)7-14-10-9(15(16)17)3-2-4-12-10/h2-6,8H,7H2,1H3,(H,12,14). The molecule has 0 fully saturated rings. The van der Waals surface area contributed by atoms with Gasteiger partial charge in [-0.15, -0.1) is 11.3 Å². The minimum Gasteiger partial charge on any atom is -0.364 e. The van der Waals surface area contributed by atoms with Crippen molar-refractivity contribution < 1.29 is 4.92 Å². The van der Waals surface area contributed by atoms with Gasteiger partial charge in [-0.3, -0.25) is 10.1 Å². The molecule has 0 aliphatic heterocycles. The van der Waals surface area contributed by atoms with Gasteiger partial charge in [0.25, 0.3) is 0 Å². The van der Waals surface area contributed by atoms with Gasteiger partial charge in [-0.25, -0.2) is 9.97 Å². The summed E-state index contributed by atoms with van der Waals surface area (Å²) in [6.07, 6.45) is 3.28. The number of nitrogens with zero attached hydrogens (tertiary/aromatic N) is 3. The van der Waals surface area contributed by atoms with Crippen LogP contribution in [-0.2, 0) is 0 Å². The van der Waals surface area contributed by atoms with Gasteiger partial charge in [0.15, 0.2) is 0 Å². The predicted octanol–water partition coefficient (Wildman–Crippen LogP) is 2.66. The summed E-state index contributed by atoms with van der Waals surface area (Å²) < 4.78 is 0. The lowest BCUT2D eigenvalue weighted by Gasteiger charge is -2.10. The molecule has 2 rings (SSSR count). The van der Waals surface area contributed by atoms with E-state index in [1.165, 1.54) is 12.3 Å². The topological polar surface area (TPSA) is 81.0 Å². The molecule has 0 aliphatic carbocycles. The lowest BCUT2D eigenvalue weighted by Crippen LogP contribution is -2.11. The summed E-state index contributed by atoms with van der Waals surface area (Å²) in [4.78, 5) is 18.6. The second kappa shape index (κ2) is 5.54. The van der Waals surface area contributed by atoms with Crippen LogP contribution in [0.3, 0.4) is 0 Å². The molecule has 1 N–H and O–H groups in total. The number of thiazole rings is 1. The fraction of sp³-hybridized carbons (Fsp3) is 0.273. The summed E-state index contributed by atoms with van der Waals surface area (Å²) in [6.45, 7) is 2.58. The molecule has 0 radical (unpaired) electrons. The van der Waals surface area contributed by atoms with Gasteiger partial charge in [0.1, 0.15) is 0 Å². The van der Waals surface area contributed by atoms with Crippen molar-refractivity contribution in [1.82, 2.24) is 9.97 Å². The minimum atomic E-state index is -0.441. The van der Waals surface area contributed by atoms with Crippen molar-refractivity contribution in [3.05, 3.63) is 45.0 Å². The molecule has 2 aromatic rings. The molecule has 6 nitrogen and oxygen atoms in total. The van der Waals surface area contributed by atoms with Crippen LogP contribution in [0.5, 0.6) is 0 Å². The third-order valence-electron chi connectivity index (χ3n) is 2.43. The second-order valence-electron chi connectivity index (χ2n) is 3.78. The van der Waals surface area contributed by atoms with Crippen molar-refractivity contribution in [1.29, 1.82) is 0 Å². The molecule has 94 valence electrons. The van der Waals surface area contributed by atoms with Crippen molar-refractivity contribution in [3.8, 4) is 0 Å². The van der Waals surface area contributed by atoms with Gasteiger partial charge in [-0.2, -0.15) is 0 Å². The Hall–Kier alpha value is -2.02. The van der Waals surface area contributed by atoms with Gasteiger partial charge in [0.2, 0.25) is 5.82 Å². The zero-order chi connectivity index (χ0) is 13.0. The van der Waals surface area contributed by atoms with E-state index in [9.17, 15) is 10.1 Å².